The normalized spacial score (nSPS) is 11.4. The maximum atomic E-state index is 6.29. The van der Waals surface area contributed by atoms with E-state index in [9.17, 15) is 0 Å². The van der Waals surface area contributed by atoms with Crippen molar-refractivity contribution in [1.82, 2.24) is 4.98 Å². The predicted octanol–water partition coefficient (Wildman–Crippen LogP) is 5.79. The molecule has 4 aromatic carbocycles. The molecule has 1 heterocycles. The van der Waals surface area contributed by atoms with Crippen LogP contribution in [0.3, 0.4) is 0 Å². The van der Waals surface area contributed by atoms with Gasteiger partial charge in [-0.15, -0.1) is 0 Å². The molecule has 0 atom stereocenters. The molecular weight excluding hydrogens is 304 g/mol. The van der Waals surface area contributed by atoms with Crippen LogP contribution in [0.1, 0.15) is 0 Å². The molecule has 0 amide bonds. The van der Waals surface area contributed by atoms with E-state index in [1.54, 1.807) is 0 Å². The van der Waals surface area contributed by atoms with Gasteiger partial charge >= 0.3 is 0 Å². The van der Waals surface area contributed by atoms with E-state index in [2.05, 4.69) is 66.7 Å². The number of anilines is 1. The third-order valence-corrected chi connectivity index (χ3v) is 4.81. The van der Waals surface area contributed by atoms with Crippen molar-refractivity contribution in [2.45, 2.75) is 0 Å². The minimum absolute atomic E-state index is 0.582. The fourth-order valence-corrected chi connectivity index (χ4v) is 3.67. The lowest BCUT2D eigenvalue weighted by molar-refractivity contribution is 1.46. The second-order valence-corrected chi connectivity index (χ2v) is 6.28. The monoisotopic (exact) mass is 320 g/mol. The van der Waals surface area contributed by atoms with Gasteiger partial charge in [0.15, 0.2) is 0 Å². The molecule has 0 aliphatic heterocycles. The Morgan fingerprint density at radius 1 is 0.640 bits per heavy atom. The van der Waals surface area contributed by atoms with Crippen molar-refractivity contribution < 1.29 is 0 Å². The molecule has 2 N–H and O–H groups in total. The zero-order chi connectivity index (χ0) is 16.8. The Balaban J connectivity index is 2.09. The minimum atomic E-state index is 0.582. The molecule has 118 valence electrons. The van der Waals surface area contributed by atoms with Crippen LogP contribution in [-0.4, -0.2) is 4.98 Å². The van der Waals surface area contributed by atoms with Gasteiger partial charge in [-0.2, -0.15) is 0 Å². The number of hydrogen-bond acceptors (Lipinski definition) is 2. The van der Waals surface area contributed by atoms with E-state index in [0.29, 0.717) is 5.82 Å². The van der Waals surface area contributed by atoms with E-state index in [1.165, 1.54) is 16.5 Å². The summed E-state index contributed by atoms with van der Waals surface area (Å²) >= 11 is 0. The largest absolute Gasteiger partial charge is 0.383 e. The lowest BCUT2D eigenvalue weighted by Gasteiger charge is -2.14. The van der Waals surface area contributed by atoms with Crippen LogP contribution < -0.4 is 5.73 Å². The lowest BCUT2D eigenvalue weighted by Crippen LogP contribution is -1.95. The van der Waals surface area contributed by atoms with Crippen LogP contribution >= 0.6 is 0 Å². The zero-order valence-electron chi connectivity index (χ0n) is 13.6. The Kier molecular flexibility index (Phi) is 2.98. The minimum Gasteiger partial charge on any atom is -0.383 e. The maximum absolute atomic E-state index is 6.29. The van der Waals surface area contributed by atoms with Crippen LogP contribution in [0.25, 0.3) is 43.6 Å². The standard InChI is InChI=1S/C23H16N2/c24-23-19-13-7-6-12-18(19)21-20(15-8-2-1-3-9-15)14-16-10-4-5-11-17(16)22(21)25-23/h1-14H,(H2,24,25). The molecule has 1 aromatic heterocycles. The number of rotatable bonds is 1. The van der Waals surface area contributed by atoms with Gasteiger partial charge < -0.3 is 5.73 Å². The third-order valence-electron chi connectivity index (χ3n) is 4.81. The number of nitrogens with two attached hydrogens (primary N) is 1. The van der Waals surface area contributed by atoms with Gasteiger partial charge in [0.25, 0.3) is 0 Å². The van der Waals surface area contributed by atoms with Crippen LogP contribution in [0.4, 0.5) is 5.82 Å². The molecule has 2 nitrogen and oxygen atoms in total. The molecule has 2 heteroatoms. The van der Waals surface area contributed by atoms with E-state index in [0.717, 1.165) is 27.1 Å². The predicted molar refractivity (Wildman–Crippen MR) is 107 cm³/mol. The van der Waals surface area contributed by atoms with Gasteiger partial charge in [-0.1, -0.05) is 78.9 Å². The number of nitrogen functional groups attached to an aromatic ring is 1. The highest BCUT2D eigenvalue weighted by Gasteiger charge is 2.14. The van der Waals surface area contributed by atoms with E-state index < -0.39 is 0 Å². The molecule has 5 rings (SSSR count). The summed E-state index contributed by atoms with van der Waals surface area (Å²) < 4.78 is 0. The van der Waals surface area contributed by atoms with Gasteiger partial charge in [0, 0.05) is 16.2 Å². The van der Waals surface area contributed by atoms with Gasteiger partial charge in [-0.3, -0.25) is 0 Å². The van der Waals surface area contributed by atoms with Crippen LogP contribution in [0.15, 0.2) is 84.9 Å². The first-order chi connectivity index (χ1) is 12.3. The summed E-state index contributed by atoms with van der Waals surface area (Å²) in [5, 5.41) is 5.62. The quantitative estimate of drug-likeness (QED) is 0.397. The smallest absolute Gasteiger partial charge is 0.132 e. The molecule has 0 aliphatic carbocycles. The molecule has 5 aromatic rings. The molecule has 0 saturated heterocycles. The van der Waals surface area contributed by atoms with Gasteiger partial charge in [0.2, 0.25) is 0 Å². The summed E-state index contributed by atoms with van der Waals surface area (Å²) in [7, 11) is 0. The Hall–Kier alpha value is -3.39. The highest BCUT2D eigenvalue weighted by Crippen LogP contribution is 2.39. The molecular formula is C23H16N2. The first-order valence-electron chi connectivity index (χ1n) is 8.38. The molecule has 0 unspecified atom stereocenters. The average molecular weight is 320 g/mol. The van der Waals surface area contributed by atoms with Crippen molar-refractivity contribution in [3.05, 3.63) is 84.9 Å². The van der Waals surface area contributed by atoms with Crippen LogP contribution in [0, 0.1) is 0 Å². The Morgan fingerprint density at radius 2 is 1.28 bits per heavy atom. The van der Waals surface area contributed by atoms with Gasteiger partial charge in [0.05, 0.1) is 5.52 Å². The van der Waals surface area contributed by atoms with Crippen molar-refractivity contribution in [3.63, 3.8) is 0 Å². The lowest BCUT2D eigenvalue weighted by atomic mass is 9.92. The number of pyridine rings is 1. The first kappa shape index (κ1) is 14.0. The highest BCUT2D eigenvalue weighted by molar-refractivity contribution is 6.22. The highest BCUT2D eigenvalue weighted by atomic mass is 14.8. The number of fused-ring (bicyclic) bond motifs is 5. The Morgan fingerprint density at radius 3 is 2.08 bits per heavy atom. The molecule has 0 bridgehead atoms. The summed E-state index contributed by atoms with van der Waals surface area (Å²) in [4.78, 5) is 4.80. The van der Waals surface area contributed by atoms with Crippen molar-refractivity contribution in [2.24, 2.45) is 0 Å². The van der Waals surface area contributed by atoms with Crippen LogP contribution in [0.2, 0.25) is 0 Å². The summed E-state index contributed by atoms with van der Waals surface area (Å²) in [6.45, 7) is 0. The number of benzene rings is 4. The number of hydrogen-bond donors (Lipinski definition) is 1. The zero-order valence-corrected chi connectivity index (χ0v) is 13.6. The number of nitrogens with zero attached hydrogens (tertiary/aromatic N) is 1. The fraction of sp³-hybridized carbons (Fsp3) is 0. The van der Waals surface area contributed by atoms with E-state index in [1.807, 2.05) is 18.2 Å². The van der Waals surface area contributed by atoms with Crippen molar-refractivity contribution >= 4 is 38.3 Å². The van der Waals surface area contributed by atoms with Crippen molar-refractivity contribution in [1.29, 1.82) is 0 Å². The Bertz CT molecular complexity index is 1240. The summed E-state index contributed by atoms with van der Waals surface area (Å²) in [6, 6.07) is 29.4. The molecule has 0 spiro atoms. The van der Waals surface area contributed by atoms with Gasteiger partial charge in [-0.05, 0) is 28.0 Å². The van der Waals surface area contributed by atoms with Gasteiger partial charge in [-0.25, -0.2) is 4.98 Å². The topological polar surface area (TPSA) is 38.9 Å². The van der Waals surface area contributed by atoms with E-state index in [4.69, 9.17) is 10.7 Å². The number of aromatic nitrogens is 1. The maximum Gasteiger partial charge on any atom is 0.132 e. The SMILES string of the molecule is Nc1nc2c3ccccc3cc(-c3ccccc3)c2c2ccccc12. The van der Waals surface area contributed by atoms with Crippen LogP contribution in [0.5, 0.6) is 0 Å². The molecule has 0 saturated carbocycles. The second kappa shape index (κ2) is 5.32. The Labute approximate surface area is 145 Å². The van der Waals surface area contributed by atoms with Gasteiger partial charge in [0.1, 0.15) is 5.82 Å². The third kappa shape index (κ3) is 2.08. The fourth-order valence-electron chi connectivity index (χ4n) is 3.67. The molecule has 0 aliphatic rings. The summed E-state index contributed by atoms with van der Waals surface area (Å²) in [6.07, 6.45) is 0. The van der Waals surface area contributed by atoms with Crippen molar-refractivity contribution in [2.75, 3.05) is 5.73 Å². The van der Waals surface area contributed by atoms with Crippen molar-refractivity contribution in [3.8, 4) is 11.1 Å². The second-order valence-electron chi connectivity index (χ2n) is 6.28. The van der Waals surface area contributed by atoms with E-state index >= 15 is 0 Å². The summed E-state index contributed by atoms with van der Waals surface area (Å²) in [5.74, 6) is 0.582. The first-order valence-corrected chi connectivity index (χ1v) is 8.38. The summed E-state index contributed by atoms with van der Waals surface area (Å²) in [5.41, 5.74) is 9.64. The average Bonchev–Trinajstić information content (AvgIpc) is 2.68. The molecule has 0 radical (unpaired) electrons. The van der Waals surface area contributed by atoms with Crippen LogP contribution in [-0.2, 0) is 0 Å². The molecule has 25 heavy (non-hydrogen) atoms. The molecule has 0 fully saturated rings. The van der Waals surface area contributed by atoms with E-state index in [-0.39, 0.29) is 0 Å².